The Hall–Kier alpha value is -1.21. The van der Waals surface area contributed by atoms with Gasteiger partial charge in [-0.05, 0) is 26.8 Å². The van der Waals surface area contributed by atoms with Crippen LogP contribution in [-0.4, -0.2) is 49.1 Å². The van der Waals surface area contributed by atoms with E-state index in [-0.39, 0.29) is 6.04 Å². The molecule has 0 aromatic carbocycles. The molecule has 0 fully saturated rings. The van der Waals surface area contributed by atoms with E-state index in [4.69, 9.17) is 4.74 Å². The molecule has 0 spiro atoms. The highest BCUT2D eigenvalue weighted by Gasteiger charge is 2.38. The molecule has 0 amide bonds. The van der Waals surface area contributed by atoms with Crippen LogP contribution < -0.4 is 10.1 Å². The first-order chi connectivity index (χ1) is 9.72. The van der Waals surface area contributed by atoms with Crippen molar-refractivity contribution in [3.8, 4) is 5.88 Å². The molecule has 1 unspecified atom stereocenters. The average Bonchev–Trinajstić information content (AvgIpc) is 2.42. The minimum atomic E-state index is -3.20. The molecule has 0 bridgehead atoms. The maximum Gasteiger partial charge on any atom is 0.216 e. The van der Waals surface area contributed by atoms with E-state index in [0.29, 0.717) is 12.3 Å². The Morgan fingerprint density at radius 3 is 2.57 bits per heavy atom. The van der Waals surface area contributed by atoms with Crippen LogP contribution in [0, 0.1) is 0 Å². The smallest absolute Gasteiger partial charge is 0.216 e. The number of sulfone groups is 1. The Morgan fingerprint density at radius 1 is 1.38 bits per heavy atom. The normalized spacial score (nSPS) is 14.0. The highest BCUT2D eigenvalue weighted by atomic mass is 32.2. The predicted octanol–water partition coefficient (Wildman–Crippen LogP) is 1.22. The first kappa shape index (κ1) is 17.8. The minimum Gasteiger partial charge on any atom is -0.481 e. The monoisotopic (exact) mass is 315 g/mol. The van der Waals surface area contributed by atoms with Crippen LogP contribution in [0.1, 0.15) is 32.9 Å². The highest BCUT2D eigenvalue weighted by Crippen LogP contribution is 2.23. The van der Waals surface area contributed by atoms with Crippen molar-refractivity contribution in [1.29, 1.82) is 0 Å². The van der Waals surface area contributed by atoms with E-state index < -0.39 is 14.6 Å². The molecule has 120 valence electrons. The molecule has 1 heterocycles. The summed E-state index contributed by atoms with van der Waals surface area (Å²) in [4.78, 5) is 8.17. The number of hydrogen-bond donors (Lipinski definition) is 1. The zero-order chi connectivity index (χ0) is 16.1. The SMILES string of the molecule is CCCNC(Cc1cc(OC)ncn1)C(C)(C)S(C)(=O)=O. The summed E-state index contributed by atoms with van der Waals surface area (Å²) in [7, 11) is -1.66. The molecule has 6 nitrogen and oxygen atoms in total. The van der Waals surface area contributed by atoms with E-state index in [0.717, 1.165) is 18.7 Å². The van der Waals surface area contributed by atoms with Gasteiger partial charge in [-0.3, -0.25) is 0 Å². The molecular weight excluding hydrogens is 290 g/mol. The fourth-order valence-corrected chi connectivity index (χ4v) is 2.63. The zero-order valence-corrected chi connectivity index (χ0v) is 14.2. The Kier molecular flexibility index (Phi) is 6.10. The van der Waals surface area contributed by atoms with E-state index in [1.807, 2.05) is 6.92 Å². The topological polar surface area (TPSA) is 81.2 Å². The van der Waals surface area contributed by atoms with Gasteiger partial charge in [0.1, 0.15) is 6.33 Å². The number of nitrogens with one attached hydrogen (secondary N) is 1. The summed E-state index contributed by atoms with van der Waals surface area (Å²) in [5, 5.41) is 3.32. The average molecular weight is 315 g/mol. The molecule has 0 saturated carbocycles. The lowest BCUT2D eigenvalue weighted by molar-refractivity contribution is 0.389. The summed E-state index contributed by atoms with van der Waals surface area (Å²) < 4.78 is 28.3. The van der Waals surface area contributed by atoms with Gasteiger partial charge >= 0.3 is 0 Å². The van der Waals surface area contributed by atoms with Gasteiger partial charge in [-0.1, -0.05) is 6.92 Å². The fraction of sp³-hybridized carbons (Fsp3) is 0.714. The second kappa shape index (κ2) is 7.17. The van der Waals surface area contributed by atoms with Crippen molar-refractivity contribution in [2.45, 2.75) is 44.4 Å². The van der Waals surface area contributed by atoms with Gasteiger partial charge in [-0.2, -0.15) is 0 Å². The molecule has 1 N–H and O–H groups in total. The van der Waals surface area contributed by atoms with Crippen molar-refractivity contribution < 1.29 is 13.2 Å². The Bertz CT molecular complexity index is 558. The number of ether oxygens (including phenoxy) is 1. The number of methoxy groups -OCH3 is 1. The third kappa shape index (κ3) is 4.64. The van der Waals surface area contributed by atoms with Crippen LogP contribution in [0.15, 0.2) is 12.4 Å². The molecule has 1 rings (SSSR count). The predicted molar refractivity (Wildman–Crippen MR) is 83.3 cm³/mol. The van der Waals surface area contributed by atoms with Crippen LogP contribution in [0.2, 0.25) is 0 Å². The summed E-state index contributed by atoms with van der Waals surface area (Å²) in [5.41, 5.74) is 0.757. The van der Waals surface area contributed by atoms with E-state index in [1.165, 1.54) is 12.6 Å². The first-order valence-corrected chi connectivity index (χ1v) is 8.89. The summed E-state index contributed by atoms with van der Waals surface area (Å²) in [6.07, 6.45) is 4.13. The van der Waals surface area contributed by atoms with Crippen molar-refractivity contribution in [2.75, 3.05) is 19.9 Å². The van der Waals surface area contributed by atoms with Crippen molar-refractivity contribution in [1.82, 2.24) is 15.3 Å². The first-order valence-electron chi connectivity index (χ1n) is 7.00. The molecular formula is C14H25N3O3S. The van der Waals surface area contributed by atoms with Gasteiger partial charge in [0.2, 0.25) is 5.88 Å². The van der Waals surface area contributed by atoms with Gasteiger partial charge in [0.15, 0.2) is 9.84 Å². The van der Waals surface area contributed by atoms with Crippen LogP contribution >= 0.6 is 0 Å². The van der Waals surface area contributed by atoms with Crippen molar-refractivity contribution >= 4 is 9.84 Å². The van der Waals surface area contributed by atoms with Crippen molar-refractivity contribution in [3.05, 3.63) is 18.1 Å². The standard InChI is InChI=1S/C14H25N3O3S/c1-6-7-15-12(14(2,3)21(5,18)19)8-11-9-13(20-4)17-10-16-11/h9-10,12,15H,6-8H2,1-5H3. The quantitative estimate of drug-likeness (QED) is 0.777. The Labute approximate surface area is 127 Å². The van der Waals surface area contributed by atoms with Gasteiger partial charge < -0.3 is 10.1 Å². The second-order valence-corrected chi connectivity index (χ2v) is 8.23. The summed E-state index contributed by atoms with van der Waals surface area (Å²) >= 11 is 0. The van der Waals surface area contributed by atoms with Crippen molar-refractivity contribution in [2.24, 2.45) is 0 Å². The highest BCUT2D eigenvalue weighted by molar-refractivity contribution is 7.92. The molecule has 0 aliphatic rings. The molecule has 0 aliphatic carbocycles. The summed E-state index contributed by atoms with van der Waals surface area (Å²) in [6.45, 7) is 6.29. The van der Waals surface area contributed by atoms with E-state index >= 15 is 0 Å². The van der Waals surface area contributed by atoms with Crippen LogP contribution in [-0.2, 0) is 16.3 Å². The summed E-state index contributed by atoms with van der Waals surface area (Å²) in [6, 6.07) is 1.51. The third-order valence-corrected chi connectivity index (χ3v) is 5.95. The molecule has 21 heavy (non-hydrogen) atoms. The van der Waals surface area contributed by atoms with E-state index in [9.17, 15) is 8.42 Å². The van der Waals surface area contributed by atoms with Gasteiger partial charge in [-0.25, -0.2) is 18.4 Å². The molecule has 1 atom stereocenters. The lowest BCUT2D eigenvalue weighted by Gasteiger charge is -2.33. The molecule has 0 aliphatic heterocycles. The molecule has 0 radical (unpaired) electrons. The number of hydrogen-bond acceptors (Lipinski definition) is 6. The minimum absolute atomic E-state index is 0.230. The molecule has 1 aromatic rings. The van der Waals surface area contributed by atoms with Crippen LogP contribution in [0.4, 0.5) is 0 Å². The van der Waals surface area contributed by atoms with Gasteiger partial charge in [0.05, 0.1) is 11.9 Å². The number of nitrogens with zero attached hydrogens (tertiary/aromatic N) is 2. The Morgan fingerprint density at radius 2 is 2.05 bits per heavy atom. The van der Waals surface area contributed by atoms with Crippen molar-refractivity contribution in [3.63, 3.8) is 0 Å². The second-order valence-electron chi connectivity index (χ2n) is 5.64. The third-order valence-electron chi connectivity index (χ3n) is 3.76. The van der Waals surface area contributed by atoms with Crippen LogP contribution in [0.5, 0.6) is 5.88 Å². The molecule has 7 heteroatoms. The van der Waals surface area contributed by atoms with Crippen LogP contribution in [0.25, 0.3) is 0 Å². The van der Waals surface area contributed by atoms with E-state index in [1.54, 1.807) is 27.0 Å². The largest absolute Gasteiger partial charge is 0.481 e. The zero-order valence-electron chi connectivity index (χ0n) is 13.4. The lowest BCUT2D eigenvalue weighted by atomic mass is 9.97. The van der Waals surface area contributed by atoms with Crippen LogP contribution in [0.3, 0.4) is 0 Å². The number of aromatic nitrogens is 2. The summed E-state index contributed by atoms with van der Waals surface area (Å²) in [5.74, 6) is 0.478. The number of rotatable bonds is 8. The van der Waals surface area contributed by atoms with E-state index in [2.05, 4.69) is 15.3 Å². The fourth-order valence-electron chi connectivity index (χ4n) is 1.95. The van der Waals surface area contributed by atoms with Gasteiger partial charge in [-0.15, -0.1) is 0 Å². The lowest BCUT2D eigenvalue weighted by Crippen LogP contribution is -2.53. The maximum absolute atomic E-state index is 12.1. The van der Waals surface area contributed by atoms with Gasteiger partial charge in [0.25, 0.3) is 0 Å². The maximum atomic E-state index is 12.1. The Balaban J connectivity index is 3.03. The van der Waals surface area contributed by atoms with Gasteiger partial charge in [0, 0.05) is 30.5 Å². The molecule has 0 saturated heterocycles. The molecule has 1 aromatic heterocycles.